The molecule has 0 aliphatic carbocycles. The standard InChI is InChI=1S/C16H15Cl2NO4/c1-8-7-23-13(6-14(20)21)15(8)16(22)19-9(2)11-4-3-10(17)5-12(11)18/h3-5,7,9H,6H2,1-2H3,(H,19,22)(H,20,21)/t9-/m0/s1. The van der Waals surface area contributed by atoms with Crippen molar-refractivity contribution in [2.24, 2.45) is 0 Å². The van der Waals surface area contributed by atoms with E-state index in [1.807, 2.05) is 0 Å². The number of hydrogen-bond donors (Lipinski definition) is 2. The highest BCUT2D eigenvalue weighted by Gasteiger charge is 2.22. The van der Waals surface area contributed by atoms with Gasteiger partial charge in [-0.3, -0.25) is 9.59 Å². The molecule has 0 unspecified atom stereocenters. The highest BCUT2D eigenvalue weighted by atomic mass is 35.5. The van der Waals surface area contributed by atoms with Gasteiger partial charge in [-0.05, 0) is 31.5 Å². The predicted octanol–water partition coefficient (Wildman–Crippen LogP) is 4.01. The summed E-state index contributed by atoms with van der Waals surface area (Å²) in [5, 5.41) is 12.6. The van der Waals surface area contributed by atoms with E-state index in [1.54, 1.807) is 32.0 Å². The van der Waals surface area contributed by atoms with Gasteiger partial charge in [-0.1, -0.05) is 29.3 Å². The summed E-state index contributed by atoms with van der Waals surface area (Å²) in [6.07, 6.45) is 1.01. The Hall–Kier alpha value is -1.98. The van der Waals surface area contributed by atoms with Crippen molar-refractivity contribution in [2.75, 3.05) is 0 Å². The van der Waals surface area contributed by atoms with Crippen LogP contribution in [0, 0.1) is 6.92 Å². The second-order valence-electron chi connectivity index (χ2n) is 5.15. The minimum absolute atomic E-state index is 0.127. The first kappa shape index (κ1) is 17.4. The minimum atomic E-state index is -1.07. The predicted molar refractivity (Wildman–Crippen MR) is 87.1 cm³/mol. The summed E-state index contributed by atoms with van der Waals surface area (Å²) < 4.78 is 5.17. The number of aryl methyl sites for hydroxylation is 1. The number of carboxylic acids is 1. The maximum absolute atomic E-state index is 12.5. The molecular weight excluding hydrogens is 341 g/mol. The highest BCUT2D eigenvalue weighted by Crippen LogP contribution is 2.27. The van der Waals surface area contributed by atoms with Crippen LogP contribution in [0.1, 0.15) is 40.2 Å². The van der Waals surface area contributed by atoms with Crippen molar-refractivity contribution in [3.05, 3.63) is 57.0 Å². The summed E-state index contributed by atoms with van der Waals surface area (Å²) in [7, 11) is 0. The van der Waals surface area contributed by atoms with Crippen LogP contribution in [0.2, 0.25) is 10.0 Å². The first-order chi connectivity index (χ1) is 10.8. The Kier molecular flexibility index (Phi) is 5.34. The molecule has 1 atom stereocenters. The number of amides is 1. The average molecular weight is 356 g/mol. The van der Waals surface area contributed by atoms with Gasteiger partial charge in [0, 0.05) is 15.6 Å². The normalized spacial score (nSPS) is 12.0. The van der Waals surface area contributed by atoms with E-state index in [-0.39, 0.29) is 23.8 Å². The number of nitrogens with one attached hydrogen (secondary N) is 1. The maximum Gasteiger partial charge on any atom is 0.311 e. The average Bonchev–Trinajstić information content (AvgIpc) is 2.78. The van der Waals surface area contributed by atoms with Crippen LogP contribution in [-0.4, -0.2) is 17.0 Å². The van der Waals surface area contributed by atoms with Gasteiger partial charge in [-0.2, -0.15) is 0 Å². The van der Waals surface area contributed by atoms with Crippen LogP contribution in [0.15, 0.2) is 28.9 Å². The third-order valence-corrected chi connectivity index (χ3v) is 3.93. The third-order valence-electron chi connectivity index (χ3n) is 3.37. The van der Waals surface area contributed by atoms with Crippen LogP contribution in [0.5, 0.6) is 0 Å². The molecule has 1 heterocycles. The number of carbonyl (C=O) groups excluding carboxylic acids is 1. The van der Waals surface area contributed by atoms with Crippen molar-refractivity contribution in [1.29, 1.82) is 0 Å². The van der Waals surface area contributed by atoms with E-state index >= 15 is 0 Å². The summed E-state index contributed by atoms with van der Waals surface area (Å²) in [4.78, 5) is 23.3. The third kappa shape index (κ3) is 4.06. The van der Waals surface area contributed by atoms with Crippen molar-refractivity contribution in [3.8, 4) is 0 Å². The second-order valence-corrected chi connectivity index (χ2v) is 5.99. The van der Waals surface area contributed by atoms with Crippen LogP contribution in [0.25, 0.3) is 0 Å². The minimum Gasteiger partial charge on any atom is -0.481 e. The van der Waals surface area contributed by atoms with E-state index in [9.17, 15) is 9.59 Å². The van der Waals surface area contributed by atoms with Gasteiger partial charge in [0.2, 0.25) is 0 Å². The number of hydrogen-bond acceptors (Lipinski definition) is 3. The number of rotatable bonds is 5. The molecule has 0 fully saturated rings. The van der Waals surface area contributed by atoms with Crippen molar-refractivity contribution >= 4 is 35.1 Å². The fourth-order valence-corrected chi connectivity index (χ4v) is 2.84. The number of halogens is 2. The number of benzene rings is 1. The lowest BCUT2D eigenvalue weighted by molar-refractivity contribution is -0.136. The Balaban J connectivity index is 2.22. The van der Waals surface area contributed by atoms with Gasteiger partial charge >= 0.3 is 5.97 Å². The number of carboxylic acid groups (broad SMARTS) is 1. The largest absolute Gasteiger partial charge is 0.481 e. The van der Waals surface area contributed by atoms with Crippen LogP contribution in [0.4, 0.5) is 0 Å². The molecular formula is C16H15Cl2NO4. The van der Waals surface area contributed by atoms with E-state index in [0.29, 0.717) is 21.2 Å². The maximum atomic E-state index is 12.5. The van der Waals surface area contributed by atoms with Crippen molar-refractivity contribution in [3.63, 3.8) is 0 Å². The van der Waals surface area contributed by atoms with Crippen LogP contribution in [0.3, 0.4) is 0 Å². The first-order valence-electron chi connectivity index (χ1n) is 6.84. The van der Waals surface area contributed by atoms with E-state index in [4.69, 9.17) is 32.7 Å². The smallest absolute Gasteiger partial charge is 0.311 e. The SMILES string of the molecule is Cc1coc(CC(=O)O)c1C(=O)N[C@@H](C)c1ccc(Cl)cc1Cl. The van der Waals surface area contributed by atoms with Gasteiger partial charge in [0.1, 0.15) is 12.2 Å². The lowest BCUT2D eigenvalue weighted by atomic mass is 10.1. The summed E-state index contributed by atoms with van der Waals surface area (Å²) in [6, 6.07) is 4.64. The lowest BCUT2D eigenvalue weighted by Crippen LogP contribution is -2.28. The Labute approximate surface area is 143 Å². The summed E-state index contributed by atoms with van der Waals surface area (Å²) in [5.74, 6) is -1.35. The van der Waals surface area contributed by atoms with Gasteiger partial charge in [-0.15, -0.1) is 0 Å². The molecule has 1 aromatic carbocycles. The van der Waals surface area contributed by atoms with Crippen molar-refractivity contribution < 1.29 is 19.1 Å². The molecule has 0 spiro atoms. The van der Waals surface area contributed by atoms with Crippen LogP contribution < -0.4 is 5.32 Å². The van der Waals surface area contributed by atoms with E-state index in [1.165, 1.54) is 6.26 Å². The Bertz CT molecular complexity index is 755. The van der Waals surface area contributed by atoms with Gasteiger partial charge in [0.15, 0.2) is 0 Å². The Morgan fingerprint density at radius 3 is 2.65 bits per heavy atom. The van der Waals surface area contributed by atoms with Gasteiger partial charge in [0.05, 0.1) is 17.9 Å². The molecule has 5 nitrogen and oxygen atoms in total. The monoisotopic (exact) mass is 355 g/mol. The van der Waals surface area contributed by atoms with E-state index in [2.05, 4.69) is 5.32 Å². The molecule has 0 saturated carbocycles. The molecule has 0 aliphatic rings. The van der Waals surface area contributed by atoms with Gasteiger partial charge in [-0.25, -0.2) is 0 Å². The Morgan fingerprint density at radius 2 is 2.04 bits per heavy atom. The number of aliphatic carboxylic acids is 1. The molecule has 2 N–H and O–H groups in total. The fraction of sp³-hybridized carbons (Fsp3) is 0.250. The molecule has 2 aromatic rings. The summed E-state index contributed by atoms with van der Waals surface area (Å²) >= 11 is 12.0. The molecule has 1 aromatic heterocycles. The van der Waals surface area contributed by atoms with Crippen molar-refractivity contribution in [2.45, 2.75) is 26.3 Å². The molecule has 0 bridgehead atoms. The molecule has 2 rings (SSSR count). The summed E-state index contributed by atoms with van der Waals surface area (Å²) in [6.45, 7) is 3.46. The molecule has 7 heteroatoms. The quantitative estimate of drug-likeness (QED) is 0.848. The van der Waals surface area contributed by atoms with Crippen LogP contribution in [-0.2, 0) is 11.2 Å². The zero-order chi connectivity index (χ0) is 17.1. The van der Waals surface area contributed by atoms with Gasteiger partial charge < -0.3 is 14.8 Å². The molecule has 1 amide bonds. The van der Waals surface area contributed by atoms with Crippen molar-refractivity contribution in [1.82, 2.24) is 5.32 Å². The van der Waals surface area contributed by atoms with E-state index in [0.717, 1.165) is 0 Å². The Morgan fingerprint density at radius 1 is 1.35 bits per heavy atom. The summed E-state index contributed by atoms with van der Waals surface area (Å²) in [5.41, 5.74) is 1.53. The molecule has 0 radical (unpaired) electrons. The zero-order valence-electron chi connectivity index (χ0n) is 12.5. The lowest BCUT2D eigenvalue weighted by Gasteiger charge is -2.16. The first-order valence-corrected chi connectivity index (χ1v) is 7.59. The highest BCUT2D eigenvalue weighted by molar-refractivity contribution is 6.35. The van der Waals surface area contributed by atoms with Gasteiger partial charge in [0.25, 0.3) is 5.91 Å². The van der Waals surface area contributed by atoms with Crippen LogP contribution >= 0.6 is 23.2 Å². The number of furan rings is 1. The molecule has 23 heavy (non-hydrogen) atoms. The number of carbonyl (C=O) groups is 2. The molecule has 0 saturated heterocycles. The topological polar surface area (TPSA) is 79.5 Å². The molecule has 122 valence electrons. The zero-order valence-corrected chi connectivity index (χ0v) is 14.0. The molecule has 0 aliphatic heterocycles. The van der Waals surface area contributed by atoms with E-state index < -0.39 is 11.9 Å². The second kappa shape index (κ2) is 7.06. The fourth-order valence-electron chi connectivity index (χ4n) is 2.27.